The number of halogens is 2. The maximum atomic E-state index is 9.60. The van der Waals surface area contributed by atoms with Crippen LogP contribution in [0.2, 0.25) is 0 Å². The predicted octanol–water partition coefficient (Wildman–Crippen LogP) is -0.758. The van der Waals surface area contributed by atoms with Crippen molar-refractivity contribution in [2.24, 2.45) is 0 Å². The monoisotopic (exact) mass is 421 g/mol. The molecule has 0 spiro atoms. The molecule has 0 saturated heterocycles. The molecule has 23 heavy (non-hydrogen) atoms. The molecule has 0 amide bonds. The van der Waals surface area contributed by atoms with Crippen LogP contribution >= 0.6 is 23.2 Å². The summed E-state index contributed by atoms with van der Waals surface area (Å²) in [6.45, 7) is 9.20. The van der Waals surface area contributed by atoms with Crippen LogP contribution in [-0.2, 0) is 36.2 Å². The van der Waals surface area contributed by atoms with Gasteiger partial charge in [0.25, 0.3) is 0 Å². The van der Waals surface area contributed by atoms with E-state index in [1.165, 1.54) is 13.8 Å². The van der Waals surface area contributed by atoms with E-state index in [9.17, 15) is 9.59 Å². The fourth-order valence-corrected chi connectivity index (χ4v) is 0. The molecular weight excluding hydrogens is 407 g/mol. The topological polar surface area (TPSA) is 155 Å². The van der Waals surface area contributed by atoms with Crippen molar-refractivity contribution in [2.45, 2.75) is 13.8 Å². The van der Waals surface area contributed by atoms with E-state index in [2.05, 4.69) is 36.4 Å². The van der Waals surface area contributed by atoms with Gasteiger partial charge in [-0.2, -0.15) is 0 Å². The number of alkyl halides is 2. The van der Waals surface area contributed by atoms with Gasteiger partial charge in [-0.15, -0.1) is 23.2 Å². The molecule has 0 rings (SSSR count). The Morgan fingerprint density at radius 1 is 0.826 bits per heavy atom. The van der Waals surface area contributed by atoms with Crippen molar-refractivity contribution >= 4 is 47.1 Å². The van der Waals surface area contributed by atoms with E-state index in [1.54, 1.807) is 0 Å². The summed E-state index contributed by atoms with van der Waals surface area (Å²) < 4.78 is 0. The maximum absolute atomic E-state index is 9.60. The van der Waals surface area contributed by atoms with E-state index in [0.717, 1.165) is 0 Å². The second-order valence-electron chi connectivity index (χ2n) is 3.18. The number of aliphatic carboxylic acids is 4. The van der Waals surface area contributed by atoms with Crippen LogP contribution < -0.4 is 10.2 Å². The molecule has 0 aliphatic rings. The Morgan fingerprint density at radius 2 is 0.913 bits per heavy atom. The van der Waals surface area contributed by atoms with Crippen LogP contribution in [0.3, 0.4) is 0 Å². The molecule has 0 aromatic heterocycles. The van der Waals surface area contributed by atoms with Crippen LogP contribution in [0.4, 0.5) is 0 Å². The summed E-state index contributed by atoms with van der Waals surface area (Å²) in [6.07, 6.45) is 0. The summed E-state index contributed by atoms with van der Waals surface area (Å²) in [5.41, 5.74) is 0.352. The van der Waals surface area contributed by atoms with Crippen LogP contribution in [0.1, 0.15) is 13.8 Å². The molecule has 0 aliphatic carbocycles. The number of hydrogen-bond donors (Lipinski definition) is 2. The molecule has 0 aromatic rings. The molecule has 0 fully saturated rings. The van der Waals surface area contributed by atoms with Crippen LogP contribution in [-0.4, -0.2) is 45.9 Å². The Balaban J connectivity index is -0.0000000620. The van der Waals surface area contributed by atoms with Gasteiger partial charge in [-0.3, -0.25) is 0 Å². The smallest absolute Gasteiger partial charge is 0.549 e. The van der Waals surface area contributed by atoms with Crippen molar-refractivity contribution in [2.75, 3.05) is 11.8 Å². The summed E-state index contributed by atoms with van der Waals surface area (Å²) in [5.74, 6) is -5.16. The van der Waals surface area contributed by atoms with Gasteiger partial charge >= 0.3 is 29.0 Å². The van der Waals surface area contributed by atoms with Crippen LogP contribution in [0.15, 0.2) is 24.3 Å². The summed E-state index contributed by atoms with van der Waals surface area (Å²) in [4.78, 5) is 37.4. The quantitative estimate of drug-likeness (QED) is 0.340. The van der Waals surface area contributed by atoms with Gasteiger partial charge in [0.2, 0.25) is 0 Å². The molecular formula is C12H16Cl2CuO8. The Bertz CT molecular complexity index is 348. The minimum Gasteiger partial charge on any atom is -0.549 e. The zero-order valence-corrected chi connectivity index (χ0v) is 14.7. The van der Waals surface area contributed by atoms with Gasteiger partial charge in [-0.05, 0) is 13.8 Å². The van der Waals surface area contributed by atoms with E-state index < -0.39 is 35.6 Å². The predicted molar refractivity (Wildman–Crippen MR) is 76.4 cm³/mol. The fraction of sp³-hybridized carbons (Fsp3) is 0.333. The average molecular weight is 423 g/mol. The Labute approximate surface area is 153 Å². The van der Waals surface area contributed by atoms with Gasteiger partial charge < -0.3 is 30.0 Å². The second kappa shape index (κ2) is 22.7. The standard InChI is InChI=1S/2C4H6O2.2C2H3ClO2.Cu/c2*1-3(2)4(5)6;2*3-1-2(4)5;/h2*1H2,2H3,(H,5,6);2*1H2,(H,4,5);/q;;;;+2/p-2. The summed E-state index contributed by atoms with van der Waals surface area (Å²) >= 11 is 9.35. The molecule has 0 aromatic carbocycles. The van der Waals surface area contributed by atoms with E-state index in [-0.39, 0.29) is 28.2 Å². The Hall–Kier alpha value is -1.54. The summed E-state index contributed by atoms with van der Waals surface area (Å²) in [7, 11) is 0. The summed E-state index contributed by atoms with van der Waals surface area (Å²) in [6, 6.07) is 0. The number of carboxylic acids is 4. The number of hydrogen-bond acceptors (Lipinski definition) is 6. The number of carbonyl (C=O) groups is 4. The van der Waals surface area contributed by atoms with Crippen molar-refractivity contribution in [3.05, 3.63) is 24.3 Å². The first-order valence-corrected chi connectivity index (χ1v) is 6.19. The molecule has 0 heterocycles. The van der Waals surface area contributed by atoms with Crippen LogP contribution in [0.25, 0.3) is 0 Å². The zero-order valence-electron chi connectivity index (χ0n) is 12.2. The molecule has 1 radical (unpaired) electrons. The minimum absolute atomic E-state index is 0. The van der Waals surface area contributed by atoms with E-state index in [0.29, 0.717) is 0 Å². The molecule has 2 N–H and O–H groups in total. The molecule has 11 heteroatoms. The SMILES string of the molecule is C=C(C)C(=O)O.C=C(C)C(=O)O.O=C([O-])CCl.O=C([O-])CCl.[Cu+2]. The van der Waals surface area contributed by atoms with E-state index in [4.69, 9.17) is 30.0 Å². The summed E-state index contributed by atoms with van der Waals surface area (Å²) in [5, 5.41) is 34.0. The van der Waals surface area contributed by atoms with Crippen LogP contribution in [0, 0.1) is 0 Å². The van der Waals surface area contributed by atoms with Gasteiger partial charge in [-0.25, -0.2) is 9.59 Å². The first-order valence-electron chi connectivity index (χ1n) is 5.12. The minimum atomic E-state index is -1.23. The van der Waals surface area contributed by atoms with Crippen molar-refractivity contribution in [1.82, 2.24) is 0 Å². The molecule has 8 nitrogen and oxygen atoms in total. The van der Waals surface area contributed by atoms with Gasteiger partial charge in [0, 0.05) is 11.1 Å². The first kappa shape index (κ1) is 33.2. The number of carboxylic acid groups (broad SMARTS) is 4. The van der Waals surface area contributed by atoms with Gasteiger partial charge in [0.1, 0.15) is 0 Å². The molecule has 0 bridgehead atoms. The third-order valence-electron chi connectivity index (χ3n) is 0.948. The zero-order chi connectivity index (χ0) is 18.9. The van der Waals surface area contributed by atoms with Gasteiger partial charge in [-0.1, -0.05) is 13.2 Å². The largest absolute Gasteiger partial charge is 2.00 e. The van der Waals surface area contributed by atoms with Crippen molar-refractivity contribution in [3.63, 3.8) is 0 Å². The van der Waals surface area contributed by atoms with Crippen molar-refractivity contribution < 1.29 is 56.7 Å². The maximum Gasteiger partial charge on any atom is 2.00 e. The number of carbonyl (C=O) groups excluding carboxylic acids is 2. The van der Waals surface area contributed by atoms with E-state index >= 15 is 0 Å². The van der Waals surface area contributed by atoms with Crippen molar-refractivity contribution in [1.29, 1.82) is 0 Å². The normalized spacial score (nSPS) is 7.13. The second-order valence-corrected chi connectivity index (χ2v) is 3.72. The molecule has 0 unspecified atom stereocenters. The number of rotatable bonds is 4. The van der Waals surface area contributed by atoms with Crippen LogP contribution in [0.5, 0.6) is 0 Å². The Morgan fingerprint density at radius 3 is 0.913 bits per heavy atom. The van der Waals surface area contributed by atoms with Gasteiger partial charge in [0.05, 0.1) is 23.7 Å². The Kier molecular flexibility index (Phi) is 32.8. The molecule has 0 saturated carbocycles. The third-order valence-corrected chi connectivity index (χ3v) is 1.38. The molecule has 137 valence electrons. The molecule has 0 atom stereocenters. The average Bonchev–Trinajstić information content (AvgIpc) is 2.40. The molecule has 0 aliphatic heterocycles. The first-order chi connectivity index (χ1) is 9.83. The van der Waals surface area contributed by atoms with Gasteiger partial charge in [0.15, 0.2) is 0 Å². The van der Waals surface area contributed by atoms with E-state index in [1.807, 2.05) is 0 Å². The fourth-order valence-electron chi connectivity index (χ4n) is 0. The van der Waals surface area contributed by atoms with Crippen molar-refractivity contribution in [3.8, 4) is 0 Å². The third kappa shape index (κ3) is 63.7.